The number of nitrogens with one attached hydrogen (secondary N) is 1. The summed E-state index contributed by atoms with van der Waals surface area (Å²) in [5, 5.41) is 9.27. The molecule has 3 aromatic heterocycles. The van der Waals surface area contributed by atoms with Gasteiger partial charge < -0.3 is 0 Å². The van der Waals surface area contributed by atoms with E-state index in [1.54, 1.807) is 19.5 Å². The third-order valence-electron chi connectivity index (χ3n) is 3.68. The van der Waals surface area contributed by atoms with E-state index >= 15 is 0 Å². The van der Waals surface area contributed by atoms with E-state index in [4.69, 9.17) is 9.72 Å². The number of aromatic nitrogens is 4. The summed E-state index contributed by atoms with van der Waals surface area (Å²) < 4.78 is 7.56. The molecule has 0 aliphatic carbocycles. The first-order valence-corrected chi connectivity index (χ1v) is 9.31. The minimum absolute atomic E-state index is 0.257. The van der Waals surface area contributed by atoms with E-state index in [0.717, 1.165) is 36.7 Å². The Morgan fingerprint density at radius 3 is 2.79 bits per heavy atom. The predicted molar refractivity (Wildman–Crippen MR) is 95.1 cm³/mol. The van der Waals surface area contributed by atoms with Crippen molar-refractivity contribution >= 4 is 35.5 Å². The van der Waals surface area contributed by atoms with E-state index in [-0.39, 0.29) is 15.8 Å². The molecule has 1 N–H and O–H groups in total. The Morgan fingerprint density at radius 1 is 1.08 bits per heavy atom. The number of benzene rings is 1. The van der Waals surface area contributed by atoms with Crippen molar-refractivity contribution in [2.24, 2.45) is 0 Å². The topological polar surface area (TPSA) is 63.7 Å². The quantitative estimate of drug-likeness (QED) is 0.550. The molecule has 117 valence electrons. The minimum atomic E-state index is -0.257. The van der Waals surface area contributed by atoms with Crippen molar-refractivity contribution in [3.63, 3.8) is 0 Å². The zero-order chi connectivity index (χ0) is 16.4. The Labute approximate surface area is 145 Å². The van der Waals surface area contributed by atoms with Gasteiger partial charge in [0.2, 0.25) is 0 Å². The van der Waals surface area contributed by atoms with Gasteiger partial charge in [0.1, 0.15) is 0 Å². The average molecular weight is 377 g/mol. The van der Waals surface area contributed by atoms with Crippen molar-refractivity contribution in [3.8, 4) is 17.0 Å². The SMILES string of the molecule is COc1ccc2c(-c3cccnc3)nc([As]c3ccn[nH]3)cc2c1. The van der Waals surface area contributed by atoms with E-state index in [9.17, 15) is 0 Å². The zero-order valence-corrected chi connectivity index (χ0v) is 14.8. The summed E-state index contributed by atoms with van der Waals surface area (Å²) in [6, 6.07) is 14.2. The molecule has 0 aliphatic heterocycles. The molecule has 0 saturated carbocycles. The number of fused-ring (bicyclic) bond motifs is 1. The molecule has 0 fully saturated rings. The number of ether oxygens (including phenoxy) is 1. The molecule has 1 aromatic carbocycles. The molecular weight excluding hydrogens is 363 g/mol. The number of hydrogen-bond acceptors (Lipinski definition) is 4. The molecule has 5 nitrogen and oxygen atoms in total. The standard InChI is InChI=1S/C18H14AsN4O/c1-24-14-4-5-15-13(9-14)10-17(19-16-6-8-21-23-16)22-18(15)12-3-2-7-20-11-12/h2-11H,1H3,(H,21,23). The molecule has 4 rings (SSSR count). The van der Waals surface area contributed by atoms with Crippen LogP contribution in [0.15, 0.2) is 61.1 Å². The number of H-pyrrole nitrogens is 1. The molecule has 24 heavy (non-hydrogen) atoms. The molecule has 0 amide bonds. The summed E-state index contributed by atoms with van der Waals surface area (Å²) in [6.45, 7) is 0. The van der Waals surface area contributed by atoms with Crippen LogP contribution in [0.25, 0.3) is 22.0 Å². The Bertz CT molecular complexity index is 971. The number of aromatic amines is 1. The van der Waals surface area contributed by atoms with Gasteiger partial charge in [-0.15, -0.1) is 0 Å². The molecule has 0 aliphatic rings. The number of hydrogen-bond donors (Lipinski definition) is 1. The summed E-state index contributed by atoms with van der Waals surface area (Å²) in [6.07, 6.45) is 5.40. The Kier molecular flexibility index (Phi) is 4.01. The number of rotatable bonds is 4. The van der Waals surface area contributed by atoms with Crippen LogP contribution < -0.4 is 13.7 Å². The van der Waals surface area contributed by atoms with Gasteiger partial charge in [0.05, 0.1) is 0 Å². The van der Waals surface area contributed by atoms with Gasteiger partial charge in [0.25, 0.3) is 0 Å². The number of nitrogens with zero attached hydrogens (tertiary/aromatic N) is 3. The summed E-state index contributed by atoms with van der Waals surface area (Å²) in [4.78, 5) is 9.15. The molecule has 0 atom stereocenters. The normalized spacial score (nSPS) is 11.4. The van der Waals surface area contributed by atoms with Gasteiger partial charge in [-0.05, 0) is 0 Å². The van der Waals surface area contributed by atoms with E-state index in [0.29, 0.717) is 0 Å². The molecule has 6 heteroatoms. The van der Waals surface area contributed by atoms with Crippen molar-refractivity contribution in [2.45, 2.75) is 0 Å². The van der Waals surface area contributed by atoms with Crippen LogP contribution in [0.3, 0.4) is 0 Å². The Balaban J connectivity index is 1.91. The summed E-state index contributed by atoms with van der Waals surface area (Å²) in [7, 11) is 1.68. The fourth-order valence-corrected chi connectivity index (χ4v) is 4.35. The van der Waals surface area contributed by atoms with Crippen molar-refractivity contribution in [1.82, 2.24) is 20.2 Å². The van der Waals surface area contributed by atoms with Crippen LogP contribution in [0.1, 0.15) is 0 Å². The van der Waals surface area contributed by atoms with Crippen LogP contribution >= 0.6 is 0 Å². The fraction of sp³-hybridized carbons (Fsp3) is 0.0556. The van der Waals surface area contributed by atoms with Crippen LogP contribution in [0.2, 0.25) is 0 Å². The second-order valence-corrected chi connectivity index (χ2v) is 7.65. The van der Waals surface area contributed by atoms with Crippen LogP contribution in [-0.4, -0.2) is 43.0 Å². The van der Waals surface area contributed by atoms with Crippen molar-refractivity contribution < 1.29 is 4.74 Å². The van der Waals surface area contributed by atoms with Gasteiger partial charge in [-0.2, -0.15) is 0 Å². The van der Waals surface area contributed by atoms with Crippen LogP contribution in [-0.2, 0) is 0 Å². The first-order valence-electron chi connectivity index (χ1n) is 7.44. The van der Waals surface area contributed by atoms with Crippen molar-refractivity contribution in [1.29, 1.82) is 0 Å². The molecule has 3 heterocycles. The van der Waals surface area contributed by atoms with Gasteiger partial charge in [0.15, 0.2) is 0 Å². The van der Waals surface area contributed by atoms with Crippen LogP contribution in [0.4, 0.5) is 0 Å². The summed E-state index contributed by atoms with van der Waals surface area (Å²) in [5.41, 5.74) is 1.97. The zero-order valence-electron chi connectivity index (χ0n) is 13.0. The third-order valence-corrected chi connectivity index (χ3v) is 5.67. The van der Waals surface area contributed by atoms with E-state index in [1.165, 1.54) is 0 Å². The third kappa shape index (κ3) is 2.91. The average Bonchev–Trinajstić information content (AvgIpc) is 3.14. The fourth-order valence-electron chi connectivity index (χ4n) is 2.56. The monoisotopic (exact) mass is 377 g/mol. The Morgan fingerprint density at radius 2 is 2.04 bits per heavy atom. The van der Waals surface area contributed by atoms with Crippen LogP contribution in [0, 0.1) is 0 Å². The predicted octanol–water partition coefficient (Wildman–Crippen LogP) is 1.68. The maximum absolute atomic E-state index is 5.37. The molecular formula is C18H14AsN4O. The van der Waals surface area contributed by atoms with Gasteiger partial charge in [-0.25, -0.2) is 0 Å². The first-order chi connectivity index (χ1) is 11.8. The Hall–Kier alpha value is -2.65. The van der Waals surface area contributed by atoms with Crippen molar-refractivity contribution in [3.05, 3.63) is 61.1 Å². The molecule has 4 aromatic rings. The van der Waals surface area contributed by atoms with Gasteiger partial charge in [0, 0.05) is 0 Å². The molecule has 0 spiro atoms. The summed E-state index contributed by atoms with van der Waals surface area (Å²) in [5.74, 6) is 0.842. The van der Waals surface area contributed by atoms with E-state index in [1.807, 2.05) is 30.5 Å². The van der Waals surface area contributed by atoms with Gasteiger partial charge in [-0.3, -0.25) is 0 Å². The maximum atomic E-state index is 5.37. The van der Waals surface area contributed by atoms with E-state index in [2.05, 4.69) is 33.4 Å². The molecule has 0 bridgehead atoms. The van der Waals surface area contributed by atoms with Crippen LogP contribution in [0.5, 0.6) is 5.75 Å². The van der Waals surface area contributed by atoms with Gasteiger partial charge >= 0.3 is 146 Å². The number of methoxy groups -OCH3 is 1. The first kappa shape index (κ1) is 14.9. The summed E-state index contributed by atoms with van der Waals surface area (Å²) >= 11 is -0.257. The molecule has 1 radical (unpaired) electrons. The second-order valence-electron chi connectivity index (χ2n) is 5.21. The van der Waals surface area contributed by atoms with E-state index < -0.39 is 0 Å². The molecule has 0 saturated heterocycles. The molecule has 0 unspecified atom stereocenters. The number of pyridine rings is 2. The van der Waals surface area contributed by atoms with Crippen molar-refractivity contribution in [2.75, 3.05) is 7.11 Å². The second kappa shape index (κ2) is 6.46. The van der Waals surface area contributed by atoms with Gasteiger partial charge in [-0.1, -0.05) is 0 Å².